The summed E-state index contributed by atoms with van der Waals surface area (Å²) in [5.41, 5.74) is 2.31. The van der Waals surface area contributed by atoms with Crippen molar-refractivity contribution < 1.29 is 18.0 Å². The van der Waals surface area contributed by atoms with Crippen molar-refractivity contribution in [2.45, 2.75) is 12.5 Å². The monoisotopic (exact) mass is 429 g/mol. The molecule has 1 aromatic carbocycles. The van der Waals surface area contributed by atoms with E-state index in [2.05, 4.69) is 19.9 Å². The highest BCUT2D eigenvalue weighted by molar-refractivity contribution is 5.92. The lowest BCUT2D eigenvalue weighted by Gasteiger charge is -2.33. The predicted octanol–water partition coefficient (Wildman–Crippen LogP) is 4.13. The number of fused-ring (bicyclic) bond motifs is 2. The molecule has 5 aromatic rings. The highest BCUT2D eigenvalue weighted by Crippen LogP contribution is 2.39. The minimum Gasteiger partial charge on any atom is -0.455 e. The summed E-state index contributed by atoms with van der Waals surface area (Å²) in [5, 5.41) is 0.356. The SMILES string of the molecule is O=C(c1cnc(-c2ccccn2)o1)N1CCc2[nH]cnc2[C@@H]1c1oc2ccccc2c1F. The van der Waals surface area contributed by atoms with Crippen molar-refractivity contribution in [2.75, 3.05) is 6.54 Å². The van der Waals surface area contributed by atoms with Gasteiger partial charge < -0.3 is 18.7 Å². The largest absolute Gasteiger partial charge is 0.455 e. The van der Waals surface area contributed by atoms with Crippen molar-refractivity contribution in [3.05, 3.63) is 89.9 Å². The number of imidazole rings is 1. The van der Waals surface area contributed by atoms with E-state index in [9.17, 15) is 4.79 Å². The van der Waals surface area contributed by atoms with Gasteiger partial charge in [-0.2, -0.15) is 0 Å². The van der Waals surface area contributed by atoms with Gasteiger partial charge in [0.25, 0.3) is 5.91 Å². The standard InChI is InChI=1S/C23H16FN5O3/c24-18-13-5-1-2-7-16(13)31-21(18)20-19-14(27-12-28-19)8-10-29(20)23(30)17-11-26-22(32-17)15-6-3-4-9-25-15/h1-7,9,11-12,20H,8,10H2,(H,27,28)/t20-/m1/s1. The van der Waals surface area contributed by atoms with Gasteiger partial charge in [-0.15, -0.1) is 0 Å². The number of hydrogen-bond donors (Lipinski definition) is 1. The predicted molar refractivity (Wildman–Crippen MR) is 111 cm³/mol. The van der Waals surface area contributed by atoms with E-state index in [-0.39, 0.29) is 17.4 Å². The third-order valence-corrected chi connectivity index (χ3v) is 5.59. The fourth-order valence-corrected chi connectivity index (χ4v) is 4.09. The normalized spacial score (nSPS) is 15.8. The number of H-pyrrole nitrogens is 1. The maximum Gasteiger partial charge on any atom is 0.292 e. The van der Waals surface area contributed by atoms with Crippen LogP contribution in [0.2, 0.25) is 0 Å². The topological polar surface area (TPSA) is 101 Å². The second-order valence-electron chi connectivity index (χ2n) is 7.44. The molecule has 0 spiro atoms. The number of para-hydroxylation sites is 1. The Bertz CT molecular complexity index is 1440. The van der Waals surface area contributed by atoms with E-state index in [4.69, 9.17) is 8.83 Å². The van der Waals surface area contributed by atoms with Gasteiger partial charge in [0, 0.05) is 24.9 Å². The summed E-state index contributed by atoms with van der Waals surface area (Å²) in [6.07, 6.45) is 5.06. The van der Waals surface area contributed by atoms with Gasteiger partial charge in [-0.05, 0) is 24.3 Å². The summed E-state index contributed by atoms with van der Waals surface area (Å²) in [6.45, 7) is 0.328. The lowest BCUT2D eigenvalue weighted by atomic mass is 9.99. The molecule has 1 aliphatic heterocycles. The molecule has 1 amide bonds. The summed E-state index contributed by atoms with van der Waals surface area (Å²) in [7, 11) is 0. The molecule has 0 radical (unpaired) electrons. The summed E-state index contributed by atoms with van der Waals surface area (Å²) in [4.78, 5) is 30.8. The van der Waals surface area contributed by atoms with Gasteiger partial charge in [-0.3, -0.25) is 9.78 Å². The minimum absolute atomic E-state index is 0.0335. The van der Waals surface area contributed by atoms with Crippen molar-refractivity contribution in [1.29, 1.82) is 0 Å². The van der Waals surface area contributed by atoms with Crippen LogP contribution in [0, 0.1) is 5.82 Å². The van der Waals surface area contributed by atoms with E-state index in [0.717, 1.165) is 5.69 Å². The zero-order valence-electron chi connectivity index (χ0n) is 16.7. The lowest BCUT2D eigenvalue weighted by molar-refractivity contribution is 0.0637. The van der Waals surface area contributed by atoms with E-state index in [1.807, 2.05) is 0 Å². The van der Waals surface area contributed by atoms with Crippen LogP contribution in [-0.4, -0.2) is 37.3 Å². The molecule has 6 rings (SSSR count). The number of benzene rings is 1. The average molecular weight is 429 g/mol. The van der Waals surface area contributed by atoms with Gasteiger partial charge >= 0.3 is 0 Å². The first-order chi connectivity index (χ1) is 15.7. The fraction of sp³-hybridized carbons (Fsp3) is 0.130. The molecule has 5 heterocycles. The van der Waals surface area contributed by atoms with Crippen LogP contribution in [0.4, 0.5) is 4.39 Å². The molecular formula is C23H16FN5O3. The van der Waals surface area contributed by atoms with Gasteiger partial charge in [-0.25, -0.2) is 14.4 Å². The number of nitrogens with one attached hydrogen (secondary N) is 1. The van der Waals surface area contributed by atoms with Crippen LogP contribution in [0.1, 0.15) is 33.7 Å². The first kappa shape index (κ1) is 18.5. The number of halogens is 1. The molecule has 0 saturated carbocycles. The average Bonchev–Trinajstić information content (AvgIpc) is 3.58. The second kappa shape index (κ2) is 7.16. The third-order valence-electron chi connectivity index (χ3n) is 5.59. The van der Waals surface area contributed by atoms with Gasteiger partial charge in [-0.1, -0.05) is 18.2 Å². The molecule has 0 bridgehead atoms. The van der Waals surface area contributed by atoms with E-state index in [1.165, 1.54) is 11.1 Å². The molecule has 0 aliphatic carbocycles. The number of aromatic amines is 1. The van der Waals surface area contributed by atoms with E-state index < -0.39 is 17.8 Å². The smallest absolute Gasteiger partial charge is 0.292 e. The number of hydrogen-bond acceptors (Lipinski definition) is 6. The van der Waals surface area contributed by atoms with E-state index >= 15 is 4.39 Å². The molecule has 1 aliphatic rings. The molecule has 9 heteroatoms. The van der Waals surface area contributed by atoms with Gasteiger partial charge in [0.05, 0.1) is 23.6 Å². The van der Waals surface area contributed by atoms with Gasteiger partial charge in [0.1, 0.15) is 17.3 Å². The number of nitrogens with zero attached hydrogens (tertiary/aromatic N) is 4. The molecule has 1 atom stereocenters. The van der Waals surface area contributed by atoms with Crippen molar-refractivity contribution in [3.8, 4) is 11.6 Å². The number of oxazole rings is 1. The van der Waals surface area contributed by atoms with Gasteiger partial charge in [0.15, 0.2) is 11.6 Å². The summed E-state index contributed by atoms with van der Waals surface area (Å²) in [5.74, 6) is -0.634. The number of aromatic nitrogens is 4. The van der Waals surface area contributed by atoms with Crippen LogP contribution in [0.25, 0.3) is 22.6 Å². The fourth-order valence-electron chi connectivity index (χ4n) is 4.09. The Morgan fingerprint density at radius 2 is 1.97 bits per heavy atom. The molecule has 158 valence electrons. The van der Waals surface area contributed by atoms with Crippen molar-refractivity contribution in [2.24, 2.45) is 0 Å². The zero-order chi connectivity index (χ0) is 21.7. The Morgan fingerprint density at radius 3 is 2.81 bits per heavy atom. The Morgan fingerprint density at radius 1 is 1.09 bits per heavy atom. The maximum atomic E-state index is 15.4. The highest BCUT2D eigenvalue weighted by Gasteiger charge is 2.40. The van der Waals surface area contributed by atoms with Crippen LogP contribution in [0.3, 0.4) is 0 Å². The van der Waals surface area contributed by atoms with Gasteiger partial charge in [0.2, 0.25) is 11.7 Å². The summed E-state index contributed by atoms with van der Waals surface area (Å²) in [6, 6.07) is 11.3. The first-order valence-corrected chi connectivity index (χ1v) is 10.1. The minimum atomic E-state index is -0.840. The van der Waals surface area contributed by atoms with Crippen molar-refractivity contribution in [1.82, 2.24) is 24.8 Å². The lowest BCUT2D eigenvalue weighted by Crippen LogP contribution is -2.40. The van der Waals surface area contributed by atoms with Crippen LogP contribution in [0.15, 0.2) is 70.0 Å². The highest BCUT2D eigenvalue weighted by atomic mass is 19.1. The summed E-state index contributed by atoms with van der Waals surface area (Å²) >= 11 is 0. The first-order valence-electron chi connectivity index (χ1n) is 10.1. The Hall–Kier alpha value is -4.27. The maximum absolute atomic E-state index is 15.4. The Balaban J connectivity index is 1.43. The van der Waals surface area contributed by atoms with Crippen LogP contribution < -0.4 is 0 Å². The number of carbonyl (C=O) groups is 1. The third kappa shape index (κ3) is 2.82. The number of carbonyl (C=O) groups excluding carboxylic acids is 1. The molecule has 0 unspecified atom stereocenters. The quantitative estimate of drug-likeness (QED) is 0.463. The van der Waals surface area contributed by atoms with Crippen molar-refractivity contribution >= 4 is 16.9 Å². The Kier molecular flexibility index (Phi) is 4.14. The molecular weight excluding hydrogens is 413 g/mol. The summed E-state index contributed by atoms with van der Waals surface area (Å²) < 4.78 is 27.0. The second-order valence-corrected chi connectivity index (χ2v) is 7.44. The molecule has 8 nitrogen and oxygen atoms in total. The van der Waals surface area contributed by atoms with E-state index in [0.29, 0.717) is 35.3 Å². The van der Waals surface area contributed by atoms with Crippen LogP contribution >= 0.6 is 0 Å². The molecule has 32 heavy (non-hydrogen) atoms. The molecule has 1 N–H and O–H groups in total. The van der Waals surface area contributed by atoms with E-state index in [1.54, 1.807) is 55.0 Å². The number of pyridine rings is 1. The van der Waals surface area contributed by atoms with Crippen LogP contribution in [-0.2, 0) is 6.42 Å². The van der Waals surface area contributed by atoms with Crippen molar-refractivity contribution in [3.63, 3.8) is 0 Å². The molecule has 0 fully saturated rings. The number of amides is 1. The molecule has 0 saturated heterocycles. The Labute approximate surface area is 180 Å². The number of rotatable bonds is 3. The number of furan rings is 1. The molecule has 4 aromatic heterocycles. The van der Waals surface area contributed by atoms with Crippen LogP contribution in [0.5, 0.6) is 0 Å². The zero-order valence-corrected chi connectivity index (χ0v) is 16.7.